The number of pyridine rings is 2. The molecule has 1 aliphatic carbocycles. The van der Waals surface area contributed by atoms with Crippen molar-refractivity contribution in [2.75, 3.05) is 11.2 Å². The van der Waals surface area contributed by atoms with Crippen molar-refractivity contribution in [3.63, 3.8) is 0 Å². The summed E-state index contributed by atoms with van der Waals surface area (Å²) in [5.41, 5.74) is 0.0537. The third kappa shape index (κ3) is 3.34. The third-order valence-electron chi connectivity index (χ3n) is 4.97. The van der Waals surface area contributed by atoms with Gasteiger partial charge in [0.1, 0.15) is 17.0 Å². The van der Waals surface area contributed by atoms with Crippen molar-refractivity contribution in [3.8, 4) is 11.5 Å². The number of anilines is 1. The summed E-state index contributed by atoms with van der Waals surface area (Å²) in [4.78, 5) is 21.7. The Labute approximate surface area is 171 Å². The van der Waals surface area contributed by atoms with Gasteiger partial charge < -0.3 is 9.12 Å². The van der Waals surface area contributed by atoms with Crippen LogP contribution in [0, 0.1) is 0 Å². The molecule has 0 aliphatic heterocycles. The van der Waals surface area contributed by atoms with Gasteiger partial charge in [0, 0.05) is 13.1 Å². The summed E-state index contributed by atoms with van der Waals surface area (Å²) in [6.07, 6.45) is -3.70. The SMILES string of the molecule is CC[S+]([O-])c1ccc(NO)nc1-c1nc2cc(C(F)(F)F)n(C3CC3)c(=O)c2n1C. The van der Waals surface area contributed by atoms with Crippen LogP contribution in [-0.4, -0.2) is 34.6 Å². The third-order valence-corrected chi connectivity index (χ3v) is 6.32. The molecule has 1 atom stereocenters. The molecule has 8 nitrogen and oxygen atoms in total. The van der Waals surface area contributed by atoms with Crippen LogP contribution in [0.15, 0.2) is 27.9 Å². The molecule has 160 valence electrons. The van der Waals surface area contributed by atoms with E-state index in [4.69, 9.17) is 0 Å². The Morgan fingerprint density at radius 3 is 2.60 bits per heavy atom. The molecule has 0 spiro atoms. The molecule has 30 heavy (non-hydrogen) atoms. The molecule has 1 unspecified atom stereocenters. The molecular formula is C18H18F3N5O3S. The molecule has 0 saturated heterocycles. The minimum atomic E-state index is -4.71. The molecule has 0 bridgehead atoms. The average Bonchev–Trinajstić information content (AvgIpc) is 3.49. The minimum absolute atomic E-state index is 0.00212. The lowest BCUT2D eigenvalue weighted by atomic mass is 10.2. The Bertz CT molecular complexity index is 1190. The topological polar surface area (TPSA) is 108 Å². The van der Waals surface area contributed by atoms with Crippen molar-refractivity contribution in [1.29, 1.82) is 0 Å². The summed E-state index contributed by atoms with van der Waals surface area (Å²) in [5.74, 6) is 0.398. The molecule has 3 aromatic heterocycles. The highest BCUT2D eigenvalue weighted by atomic mass is 32.2. The van der Waals surface area contributed by atoms with Gasteiger partial charge in [-0.25, -0.2) is 9.97 Å². The first-order chi connectivity index (χ1) is 14.2. The Kier molecular flexibility index (Phi) is 5.03. The van der Waals surface area contributed by atoms with E-state index < -0.39 is 34.6 Å². The van der Waals surface area contributed by atoms with Gasteiger partial charge in [-0.05, 0) is 49.1 Å². The second-order valence-electron chi connectivity index (χ2n) is 6.95. The normalized spacial score (nSPS) is 15.6. The van der Waals surface area contributed by atoms with E-state index in [0.717, 1.165) is 10.6 Å². The highest BCUT2D eigenvalue weighted by Gasteiger charge is 2.40. The van der Waals surface area contributed by atoms with Crippen LogP contribution in [0.5, 0.6) is 0 Å². The molecule has 1 saturated carbocycles. The lowest BCUT2D eigenvalue weighted by Gasteiger charge is -2.15. The fourth-order valence-corrected chi connectivity index (χ4v) is 4.31. The standard InChI is InChI=1S/C18H18F3N5O3S/c1-3-30(29)11-6-7-13(24-28)23-14(11)16-22-10-8-12(18(19,20)21)26(9-4-5-9)17(27)15(10)25(16)2/h6-9,28H,3-5H2,1-2H3,(H,23,24). The van der Waals surface area contributed by atoms with Crippen molar-refractivity contribution in [1.82, 2.24) is 19.1 Å². The van der Waals surface area contributed by atoms with Crippen LogP contribution in [0.3, 0.4) is 0 Å². The predicted octanol–water partition coefficient (Wildman–Crippen LogP) is 3.08. The first-order valence-corrected chi connectivity index (χ1v) is 10.5. The monoisotopic (exact) mass is 441 g/mol. The number of aryl methyl sites for hydroxylation is 1. The Morgan fingerprint density at radius 1 is 1.33 bits per heavy atom. The molecule has 2 N–H and O–H groups in total. The van der Waals surface area contributed by atoms with E-state index >= 15 is 0 Å². The van der Waals surface area contributed by atoms with Crippen molar-refractivity contribution < 1.29 is 22.9 Å². The van der Waals surface area contributed by atoms with E-state index in [0.29, 0.717) is 17.7 Å². The fraction of sp³-hybridized carbons (Fsp3) is 0.389. The summed E-state index contributed by atoms with van der Waals surface area (Å²) in [6.45, 7) is 1.71. The average molecular weight is 441 g/mol. The molecule has 0 amide bonds. The highest BCUT2D eigenvalue weighted by molar-refractivity contribution is 7.91. The maximum atomic E-state index is 13.6. The number of hydrogen-bond acceptors (Lipinski definition) is 6. The van der Waals surface area contributed by atoms with Crippen LogP contribution in [0.2, 0.25) is 0 Å². The Hall–Kier alpha value is -2.57. The van der Waals surface area contributed by atoms with E-state index in [-0.39, 0.29) is 34.1 Å². The van der Waals surface area contributed by atoms with Crippen LogP contribution in [0.25, 0.3) is 22.6 Å². The zero-order valence-electron chi connectivity index (χ0n) is 16.0. The van der Waals surface area contributed by atoms with Crippen LogP contribution >= 0.6 is 0 Å². The van der Waals surface area contributed by atoms with Gasteiger partial charge in [-0.3, -0.25) is 20.0 Å². The quantitative estimate of drug-likeness (QED) is 0.465. The van der Waals surface area contributed by atoms with E-state index in [9.17, 15) is 27.7 Å². The van der Waals surface area contributed by atoms with E-state index in [1.807, 2.05) is 5.48 Å². The Balaban J connectivity index is 2.02. The molecule has 4 rings (SSSR count). The number of rotatable bonds is 5. The second-order valence-corrected chi connectivity index (χ2v) is 8.66. The van der Waals surface area contributed by atoms with Gasteiger partial charge in [-0.15, -0.1) is 0 Å². The fourth-order valence-electron chi connectivity index (χ4n) is 3.43. The molecule has 12 heteroatoms. The van der Waals surface area contributed by atoms with E-state index in [2.05, 4.69) is 9.97 Å². The van der Waals surface area contributed by atoms with Gasteiger partial charge >= 0.3 is 6.18 Å². The summed E-state index contributed by atoms with van der Waals surface area (Å²) in [7, 11) is 1.50. The zero-order chi connectivity index (χ0) is 21.8. The first-order valence-electron chi connectivity index (χ1n) is 9.16. The van der Waals surface area contributed by atoms with Crippen LogP contribution in [0.1, 0.15) is 31.5 Å². The van der Waals surface area contributed by atoms with Crippen molar-refractivity contribution in [3.05, 3.63) is 34.2 Å². The Morgan fingerprint density at radius 2 is 2.03 bits per heavy atom. The highest BCUT2D eigenvalue weighted by Crippen LogP contribution is 2.40. The number of nitrogens with zero attached hydrogens (tertiary/aromatic N) is 4. The van der Waals surface area contributed by atoms with Crippen molar-refractivity contribution in [2.24, 2.45) is 7.05 Å². The number of alkyl halides is 3. The van der Waals surface area contributed by atoms with Crippen molar-refractivity contribution >= 4 is 28.0 Å². The molecule has 3 aromatic rings. The maximum absolute atomic E-state index is 13.6. The number of fused-ring (bicyclic) bond motifs is 1. The van der Waals surface area contributed by atoms with Gasteiger partial charge in [0.2, 0.25) is 0 Å². The lowest BCUT2D eigenvalue weighted by molar-refractivity contribution is -0.144. The van der Waals surface area contributed by atoms with Crippen LogP contribution < -0.4 is 11.0 Å². The summed E-state index contributed by atoms with van der Waals surface area (Å²) in [5, 5.41) is 9.19. The number of nitrogens with one attached hydrogen (secondary N) is 1. The summed E-state index contributed by atoms with van der Waals surface area (Å²) >= 11 is -1.46. The second kappa shape index (κ2) is 7.29. The van der Waals surface area contributed by atoms with E-state index in [1.165, 1.54) is 23.7 Å². The lowest BCUT2D eigenvalue weighted by Crippen LogP contribution is -2.28. The van der Waals surface area contributed by atoms with Gasteiger partial charge in [-0.1, -0.05) is 0 Å². The largest absolute Gasteiger partial charge is 0.611 e. The predicted molar refractivity (Wildman–Crippen MR) is 104 cm³/mol. The van der Waals surface area contributed by atoms with Crippen molar-refractivity contribution in [2.45, 2.75) is 36.9 Å². The van der Waals surface area contributed by atoms with Gasteiger partial charge in [-0.2, -0.15) is 13.2 Å². The van der Waals surface area contributed by atoms with Crippen LogP contribution in [-0.2, 0) is 24.4 Å². The molecule has 0 radical (unpaired) electrons. The summed E-state index contributed by atoms with van der Waals surface area (Å²) in [6, 6.07) is 3.28. The number of imidazole rings is 1. The molecule has 1 fully saturated rings. The minimum Gasteiger partial charge on any atom is -0.611 e. The van der Waals surface area contributed by atoms with Gasteiger partial charge in [0.15, 0.2) is 22.2 Å². The first kappa shape index (κ1) is 20.7. The number of halogens is 3. The smallest absolute Gasteiger partial charge is 0.431 e. The zero-order valence-corrected chi connectivity index (χ0v) is 16.8. The molecule has 3 heterocycles. The molecule has 0 aromatic carbocycles. The van der Waals surface area contributed by atoms with E-state index in [1.54, 1.807) is 6.92 Å². The maximum Gasteiger partial charge on any atom is 0.431 e. The summed E-state index contributed by atoms with van der Waals surface area (Å²) < 4.78 is 55.4. The molecule has 1 aliphatic rings. The van der Waals surface area contributed by atoms with Gasteiger partial charge in [0.05, 0.1) is 5.52 Å². The number of aromatic nitrogens is 4. The molecular weight excluding hydrogens is 423 g/mol. The van der Waals surface area contributed by atoms with Crippen LogP contribution in [0.4, 0.5) is 19.0 Å². The van der Waals surface area contributed by atoms with Gasteiger partial charge in [0.25, 0.3) is 5.56 Å². The number of hydrogen-bond donors (Lipinski definition) is 2.